The topological polar surface area (TPSA) is 43.4 Å². The van der Waals surface area contributed by atoms with Gasteiger partial charge in [0.2, 0.25) is 0 Å². The second-order valence-electron chi connectivity index (χ2n) is 9.29. The van der Waals surface area contributed by atoms with Gasteiger partial charge in [-0.15, -0.1) is 0 Å². The quantitative estimate of drug-likeness (QED) is 0.374. The Bertz CT molecular complexity index is 792. The van der Waals surface area contributed by atoms with Gasteiger partial charge >= 0.3 is 5.97 Å². The number of carbonyl (C=O) groups excluding carboxylic acids is 2. The minimum Gasteiger partial charge on any atom is -0.372 e. The van der Waals surface area contributed by atoms with E-state index in [1.807, 2.05) is 6.08 Å². The molecule has 0 saturated heterocycles. The molecule has 4 aliphatic carbocycles. The highest BCUT2D eigenvalue weighted by Gasteiger charge is 2.55. The standard InChI is InChI=1S/C24H30O3/c1-4-22(26)27-14-11-16-6-8-20-19-7-5-17-15-18(25)9-12-24(17,3)21(19)10-13-23(16,20)2/h10,15-16,19-20H,4-9,12-13H2,1-3H3/t16-,19-,20-,23+,24-/m0/s1. The van der Waals surface area contributed by atoms with Crippen LogP contribution in [0, 0.1) is 40.6 Å². The van der Waals surface area contributed by atoms with E-state index in [4.69, 9.17) is 4.74 Å². The molecule has 0 N–H and O–H groups in total. The van der Waals surface area contributed by atoms with Crippen LogP contribution in [0.3, 0.4) is 0 Å². The summed E-state index contributed by atoms with van der Waals surface area (Å²) < 4.78 is 5.03. The lowest BCUT2D eigenvalue weighted by atomic mass is 9.51. The highest BCUT2D eigenvalue weighted by Crippen LogP contribution is 2.64. The summed E-state index contributed by atoms with van der Waals surface area (Å²) in [6, 6.07) is 0. The van der Waals surface area contributed by atoms with Crippen molar-refractivity contribution in [3.63, 3.8) is 0 Å². The summed E-state index contributed by atoms with van der Waals surface area (Å²) >= 11 is 0. The molecule has 2 fully saturated rings. The average Bonchev–Trinajstić information content (AvgIpc) is 2.99. The van der Waals surface area contributed by atoms with Crippen LogP contribution < -0.4 is 0 Å². The monoisotopic (exact) mass is 366 g/mol. The summed E-state index contributed by atoms with van der Waals surface area (Å²) in [6.45, 7) is 6.54. The molecule has 144 valence electrons. The largest absolute Gasteiger partial charge is 0.372 e. The number of carbonyl (C=O) groups is 2. The van der Waals surface area contributed by atoms with Gasteiger partial charge in [-0.05, 0) is 61.9 Å². The van der Waals surface area contributed by atoms with Gasteiger partial charge in [0, 0.05) is 24.2 Å². The Balaban J connectivity index is 1.61. The van der Waals surface area contributed by atoms with E-state index in [-0.39, 0.29) is 16.8 Å². The lowest BCUT2D eigenvalue weighted by Gasteiger charge is -2.53. The summed E-state index contributed by atoms with van der Waals surface area (Å²) in [5.74, 6) is 4.89. The van der Waals surface area contributed by atoms with Crippen LogP contribution in [0.5, 0.6) is 0 Å². The summed E-state index contributed by atoms with van der Waals surface area (Å²) in [5.41, 5.74) is 3.23. The second kappa shape index (κ2) is 6.66. The predicted molar refractivity (Wildman–Crippen MR) is 104 cm³/mol. The third-order valence-corrected chi connectivity index (χ3v) is 8.02. The number of allylic oxidation sites excluding steroid dienone is 4. The summed E-state index contributed by atoms with van der Waals surface area (Å²) in [6.07, 6.45) is 14.7. The Morgan fingerprint density at radius 3 is 2.85 bits per heavy atom. The lowest BCUT2D eigenvalue weighted by molar-refractivity contribution is -0.136. The van der Waals surface area contributed by atoms with E-state index in [1.165, 1.54) is 12.0 Å². The van der Waals surface area contributed by atoms with Gasteiger partial charge in [0.15, 0.2) is 5.78 Å². The zero-order valence-corrected chi connectivity index (χ0v) is 16.8. The van der Waals surface area contributed by atoms with Crippen molar-refractivity contribution in [2.45, 2.75) is 72.1 Å². The van der Waals surface area contributed by atoms with E-state index < -0.39 is 0 Å². The molecule has 0 spiro atoms. The summed E-state index contributed by atoms with van der Waals surface area (Å²) in [4.78, 5) is 23.3. The van der Waals surface area contributed by atoms with Crippen LogP contribution in [0.25, 0.3) is 0 Å². The molecule has 4 rings (SSSR count). The zero-order valence-electron chi connectivity index (χ0n) is 16.8. The molecular formula is C24H30O3. The van der Waals surface area contributed by atoms with Crippen molar-refractivity contribution < 1.29 is 14.3 Å². The van der Waals surface area contributed by atoms with E-state index in [0.717, 1.165) is 32.1 Å². The van der Waals surface area contributed by atoms with Gasteiger partial charge in [0.05, 0.1) is 0 Å². The van der Waals surface area contributed by atoms with Crippen molar-refractivity contribution >= 4 is 11.8 Å². The molecule has 0 aromatic carbocycles. The Hall–Kier alpha value is -1.82. The van der Waals surface area contributed by atoms with E-state index in [2.05, 4.69) is 32.0 Å². The first-order valence-electron chi connectivity index (χ1n) is 10.5. The third kappa shape index (κ3) is 2.89. The molecule has 3 heteroatoms. The lowest BCUT2D eigenvalue weighted by Crippen LogP contribution is -2.44. The second-order valence-corrected chi connectivity index (χ2v) is 9.29. The van der Waals surface area contributed by atoms with Crippen molar-refractivity contribution in [3.05, 3.63) is 23.3 Å². The van der Waals surface area contributed by atoms with Gasteiger partial charge in [-0.3, -0.25) is 9.59 Å². The fourth-order valence-corrected chi connectivity index (χ4v) is 6.32. The van der Waals surface area contributed by atoms with Crippen molar-refractivity contribution in [2.75, 3.05) is 0 Å². The van der Waals surface area contributed by atoms with Crippen molar-refractivity contribution in [2.24, 2.45) is 28.6 Å². The van der Waals surface area contributed by atoms with Crippen molar-refractivity contribution in [1.29, 1.82) is 0 Å². The number of hydrogen-bond donors (Lipinski definition) is 0. The van der Waals surface area contributed by atoms with Gasteiger partial charge in [-0.25, -0.2) is 0 Å². The van der Waals surface area contributed by atoms with Crippen LogP contribution in [0.15, 0.2) is 23.3 Å². The maximum absolute atomic E-state index is 11.9. The minimum absolute atomic E-state index is 0.0958. The zero-order chi connectivity index (χ0) is 19.2. The maximum atomic E-state index is 11.9. The molecule has 4 aliphatic rings. The van der Waals surface area contributed by atoms with Gasteiger partial charge in [-0.2, -0.15) is 0 Å². The highest BCUT2D eigenvalue weighted by atomic mass is 16.5. The maximum Gasteiger partial charge on any atom is 0.319 e. The van der Waals surface area contributed by atoms with Gasteiger partial charge in [0.1, 0.15) is 6.11 Å². The molecule has 0 heterocycles. The predicted octanol–water partition coefficient (Wildman–Crippen LogP) is 4.97. The number of rotatable bonds is 1. The van der Waals surface area contributed by atoms with Crippen molar-refractivity contribution in [1.82, 2.24) is 0 Å². The molecule has 0 aliphatic heterocycles. The molecule has 0 unspecified atom stereocenters. The number of hydrogen-bond acceptors (Lipinski definition) is 3. The van der Waals surface area contributed by atoms with E-state index in [1.54, 1.807) is 12.5 Å². The van der Waals surface area contributed by atoms with E-state index in [0.29, 0.717) is 36.4 Å². The van der Waals surface area contributed by atoms with Crippen LogP contribution in [0.2, 0.25) is 0 Å². The molecule has 2 saturated carbocycles. The number of ether oxygens (including phenoxy) is 1. The average molecular weight is 367 g/mol. The first-order chi connectivity index (χ1) is 12.9. The molecule has 0 aromatic rings. The Morgan fingerprint density at radius 1 is 1.26 bits per heavy atom. The first-order valence-corrected chi connectivity index (χ1v) is 10.5. The molecular weight excluding hydrogens is 336 g/mol. The van der Waals surface area contributed by atoms with Crippen LogP contribution >= 0.6 is 0 Å². The van der Waals surface area contributed by atoms with Gasteiger partial charge < -0.3 is 4.74 Å². The Labute approximate surface area is 162 Å². The van der Waals surface area contributed by atoms with Crippen LogP contribution in [0.4, 0.5) is 0 Å². The molecule has 0 aromatic heterocycles. The third-order valence-electron chi connectivity index (χ3n) is 8.02. The van der Waals surface area contributed by atoms with Crippen LogP contribution in [-0.2, 0) is 14.3 Å². The molecule has 0 bridgehead atoms. The van der Waals surface area contributed by atoms with E-state index >= 15 is 0 Å². The minimum atomic E-state index is -0.251. The van der Waals surface area contributed by atoms with Crippen LogP contribution in [-0.4, -0.2) is 11.8 Å². The summed E-state index contributed by atoms with van der Waals surface area (Å²) in [7, 11) is 0. The number of esters is 1. The van der Waals surface area contributed by atoms with Gasteiger partial charge in [-0.1, -0.05) is 43.9 Å². The molecule has 3 nitrogen and oxygen atoms in total. The molecule has 27 heavy (non-hydrogen) atoms. The van der Waals surface area contributed by atoms with E-state index in [9.17, 15) is 9.59 Å². The molecule has 0 amide bonds. The number of ketones is 1. The van der Waals surface area contributed by atoms with Crippen molar-refractivity contribution in [3.8, 4) is 12.0 Å². The smallest absolute Gasteiger partial charge is 0.319 e. The van der Waals surface area contributed by atoms with Crippen LogP contribution in [0.1, 0.15) is 72.1 Å². The highest BCUT2D eigenvalue weighted by molar-refractivity contribution is 5.92. The first kappa shape index (κ1) is 18.5. The Kier molecular flexibility index (Phi) is 4.57. The number of fused-ring (bicyclic) bond motifs is 5. The fraction of sp³-hybridized carbons (Fsp3) is 0.667. The molecule has 5 atom stereocenters. The molecule has 0 radical (unpaired) electrons. The fourth-order valence-electron chi connectivity index (χ4n) is 6.32. The normalized spacial score (nSPS) is 39.8. The summed E-state index contributed by atoms with van der Waals surface area (Å²) in [5, 5.41) is 0. The SMILES string of the molecule is CCC(=O)OC#C[C@@H]1CC[C@H]2[C@@H]3CCC4=CC(=O)CC[C@]4(C)C3=CC[C@]12C. The Morgan fingerprint density at radius 2 is 2.07 bits per heavy atom. The van der Waals surface area contributed by atoms with Gasteiger partial charge in [0.25, 0.3) is 0 Å².